The number of nitrogens with zero attached hydrogens (tertiary/aromatic N) is 18. The zero-order valence-corrected chi connectivity index (χ0v) is 76.0. The molecule has 5 aromatic heterocycles. The first kappa shape index (κ1) is 101. The van der Waals surface area contributed by atoms with Crippen molar-refractivity contribution in [3.05, 3.63) is 180 Å². The highest BCUT2D eigenvalue weighted by molar-refractivity contribution is 6.31. The number of likely N-dealkylation sites (N-methyl/N-ethyl adjacent to an activating group) is 1. The molecular weight excluding hydrogens is 1680 g/mol. The number of alkyl halides is 3. The van der Waals surface area contributed by atoms with Crippen molar-refractivity contribution in [2.75, 3.05) is 53.5 Å². The van der Waals surface area contributed by atoms with Gasteiger partial charge in [0, 0.05) is 107 Å². The summed E-state index contributed by atoms with van der Waals surface area (Å²) in [7, 11) is 4.01. The molecule has 1 fully saturated rings. The lowest BCUT2D eigenvalue weighted by molar-refractivity contribution is -0.274. The van der Waals surface area contributed by atoms with Gasteiger partial charge in [-0.15, -0.1) is 38.7 Å². The Morgan fingerprint density at radius 2 is 0.711 bits per heavy atom. The Hall–Kier alpha value is -13.7. The number of carbonyl (C=O) groups excluding carboxylic acids is 5. The molecule has 10 aromatic rings. The van der Waals surface area contributed by atoms with Crippen LogP contribution in [0.1, 0.15) is 132 Å². The molecule has 1 aliphatic rings. The highest BCUT2D eigenvalue weighted by Gasteiger charge is 2.32. The number of aromatic nitrogens is 15. The molecule has 0 saturated carbocycles. The van der Waals surface area contributed by atoms with Crippen molar-refractivity contribution in [1.29, 1.82) is 5.26 Å². The zero-order valence-electron chi connectivity index (χ0n) is 75.2. The minimum absolute atomic E-state index is 0.0118. The minimum atomic E-state index is -4.84. The van der Waals surface area contributed by atoms with Gasteiger partial charge in [0.05, 0.1) is 54.4 Å². The fraction of sp³-hybridized carbons (Fsp3) is 0.385. The fourth-order valence-corrected chi connectivity index (χ4v) is 11.5. The summed E-state index contributed by atoms with van der Waals surface area (Å²) in [6.07, 6.45) is 18.0. The van der Waals surface area contributed by atoms with Crippen LogP contribution >= 0.6 is 11.6 Å². The third-order valence-corrected chi connectivity index (χ3v) is 16.3. The van der Waals surface area contributed by atoms with Crippen LogP contribution in [0.15, 0.2) is 153 Å². The number of nitriles is 1. The first-order chi connectivity index (χ1) is 60.6. The molecule has 0 spiro atoms. The molecule has 0 amide bonds. The van der Waals surface area contributed by atoms with Gasteiger partial charge in [-0.25, -0.2) is 72.3 Å². The van der Waals surface area contributed by atoms with Crippen LogP contribution in [0.4, 0.5) is 13.2 Å². The van der Waals surface area contributed by atoms with E-state index in [9.17, 15) is 42.4 Å². The number of rotatable bonds is 33. The number of likely N-dealkylation sites (tertiary alicyclic amines) is 1. The van der Waals surface area contributed by atoms with Gasteiger partial charge in [0.25, 0.3) is 0 Å². The highest BCUT2D eigenvalue weighted by Crippen LogP contribution is 2.32. The Balaban J connectivity index is 0.000000219. The van der Waals surface area contributed by atoms with Crippen LogP contribution in [0, 0.1) is 32.1 Å². The summed E-state index contributed by atoms with van der Waals surface area (Å²) >= 11 is 5.80. The number of benzene rings is 5. The van der Waals surface area contributed by atoms with Crippen LogP contribution in [0.25, 0.3) is 87.9 Å². The molecule has 1 saturated heterocycles. The van der Waals surface area contributed by atoms with Crippen LogP contribution in [0.5, 0.6) is 28.7 Å². The maximum atomic E-state index is 12.3. The summed E-state index contributed by atoms with van der Waals surface area (Å²) in [5, 5.41) is 30.6. The van der Waals surface area contributed by atoms with Crippen molar-refractivity contribution in [3.8, 4) is 91.8 Å². The van der Waals surface area contributed by atoms with E-state index in [1.54, 1.807) is 92.6 Å². The largest absolute Gasteiger partial charge is 0.573 e. The van der Waals surface area contributed by atoms with E-state index in [2.05, 4.69) is 71.0 Å². The van der Waals surface area contributed by atoms with Crippen LogP contribution in [0.2, 0.25) is 5.02 Å². The SMILES string of the molecule is CC(C)OC(=O)/C=C\n1cnc(-c2cc(C#N)cc(OC(C)C)c2)n1.CC(C)OC(=O)/C=C\n1cnc(-c2cc(Cl)cc(OC(F)(F)F)c2)n1.Cc1cc(OC(C)C)cc(-c2ncn(/C=C\C(=O)OC(C)C)n2)c1.Cc1cc(OCCN(C)C)cc(-c2ncn(/C=C\C(=O)OC(C)C)n2)c1.Cc1cc(OCCN2CCCC2)cc(-c2ncn(/C=C\C(=O)OC(C)C)n2)c1. The number of hydrogen-bond donors (Lipinski definition) is 0. The summed E-state index contributed by atoms with van der Waals surface area (Å²) in [6.45, 7) is 37.0. The summed E-state index contributed by atoms with van der Waals surface area (Å²) in [4.78, 5) is 83.2. The number of ether oxygens (including phenoxy) is 10. The Morgan fingerprint density at radius 3 is 1.02 bits per heavy atom. The lowest BCUT2D eigenvalue weighted by Gasteiger charge is -2.15. The van der Waals surface area contributed by atoms with Gasteiger partial charge in [0.15, 0.2) is 29.1 Å². The van der Waals surface area contributed by atoms with Crippen molar-refractivity contribution >= 4 is 72.4 Å². The number of esters is 5. The minimum Gasteiger partial charge on any atom is -0.492 e. The van der Waals surface area contributed by atoms with Gasteiger partial charge >= 0.3 is 36.2 Å². The molecule has 33 nitrogen and oxygen atoms in total. The second-order valence-corrected chi connectivity index (χ2v) is 31.3. The Morgan fingerprint density at radius 1 is 0.414 bits per heavy atom. The van der Waals surface area contributed by atoms with E-state index < -0.39 is 42.0 Å². The molecule has 128 heavy (non-hydrogen) atoms. The lowest BCUT2D eigenvalue weighted by Crippen LogP contribution is -2.25. The van der Waals surface area contributed by atoms with E-state index in [-0.39, 0.29) is 59.1 Å². The quantitative estimate of drug-likeness (QED) is 0.0209. The maximum absolute atomic E-state index is 12.3. The maximum Gasteiger partial charge on any atom is 0.573 e. The average Bonchev–Trinajstić information content (AvgIpc) is 1.73. The average molecular weight is 1790 g/mol. The first-order valence-electron chi connectivity index (χ1n) is 41.1. The van der Waals surface area contributed by atoms with E-state index in [0.717, 1.165) is 81.9 Å². The molecule has 0 N–H and O–H groups in total. The third-order valence-electron chi connectivity index (χ3n) is 16.1. The second kappa shape index (κ2) is 50.5. The van der Waals surface area contributed by atoms with Crippen LogP contribution in [-0.2, 0) is 47.7 Å². The van der Waals surface area contributed by atoms with E-state index in [1.165, 1.54) is 123 Å². The molecule has 5 aromatic carbocycles. The molecule has 37 heteroatoms. The number of aryl methyl sites for hydroxylation is 3. The summed E-state index contributed by atoms with van der Waals surface area (Å²) in [5.41, 5.74) is 7.17. The molecule has 0 unspecified atom stereocenters. The molecule has 11 rings (SSSR count). The summed E-state index contributed by atoms with van der Waals surface area (Å²) < 4.78 is 96.1. The van der Waals surface area contributed by atoms with Gasteiger partial charge in [-0.3, -0.25) is 4.90 Å². The van der Waals surface area contributed by atoms with Gasteiger partial charge < -0.3 is 52.3 Å². The van der Waals surface area contributed by atoms with Crippen LogP contribution < -0.4 is 23.7 Å². The molecule has 0 radical (unpaired) electrons. The van der Waals surface area contributed by atoms with Crippen molar-refractivity contribution < 1.29 is 84.5 Å². The fourth-order valence-electron chi connectivity index (χ4n) is 11.2. The Bertz CT molecular complexity index is 5470. The van der Waals surface area contributed by atoms with E-state index in [1.807, 2.05) is 131 Å². The second-order valence-electron chi connectivity index (χ2n) is 30.8. The standard InChI is InChI=1S/C21H28N4O3.C19H26N4O3.C18H20N4O3.C18H23N3O3.C15H13ClF3N3O3/c1-16(2)28-20(26)6-9-25-15-22-21(23-25)18-12-17(3)13-19(14-18)27-11-10-24-7-4-5-8-24;1-14(2)26-18(24)6-7-23-13-20-19(21-23)16-10-15(3)11-17(12-16)25-9-8-22(4)5;1-12(2)24-16-8-14(10-19)7-15(9-16)18-20-11-22(21-18)6-5-17(23)25-13(3)4;1-12(2)23-16-9-14(5)8-15(10-16)18-19-11-21(20-18)7-6-17(22)24-13(3)4;1-9(2)24-13(23)3-4-22-8-20-14(21-22)10-5-11(16)7-12(6-10)25-15(17,18)19/h6,9,12-16H,4-5,7-8,10-11H2,1-3H3;6-7,10-14H,8-9H2,1-5H3;5-9,11-13H,1-4H3;6-13H,1-5H3;3-9H,1-2H3/b9-6-;7-6-;6-5-;7-6-;4-3-. The van der Waals surface area contributed by atoms with Gasteiger partial charge in [-0.05, 0) is 265 Å². The normalized spacial score (nSPS) is 12.2. The van der Waals surface area contributed by atoms with Crippen molar-refractivity contribution in [2.45, 2.75) is 180 Å². The van der Waals surface area contributed by atoms with E-state index >= 15 is 0 Å². The zero-order chi connectivity index (χ0) is 93.7. The number of hydrogen-bond acceptors (Lipinski definition) is 28. The Kier molecular flexibility index (Phi) is 40.0. The molecule has 0 bridgehead atoms. The number of carbonyl (C=O) groups is 5. The first-order valence-corrected chi connectivity index (χ1v) is 41.5. The monoisotopic (exact) mass is 1790 g/mol. The highest BCUT2D eigenvalue weighted by atomic mass is 35.5. The topological polar surface area (TPSA) is 361 Å². The predicted molar refractivity (Wildman–Crippen MR) is 477 cm³/mol. The third kappa shape index (κ3) is 38.4. The molecular formula is C91H110ClF3N18O15. The molecule has 0 aliphatic carbocycles. The summed E-state index contributed by atoms with van der Waals surface area (Å²) in [6, 6.07) is 28.5. The van der Waals surface area contributed by atoms with Crippen LogP contribution in [-0.4, -0.2) is 216 Å². The summed E-state index contributed by atoms with van der Waals surface area (Å²) in [5.74, 6) is 2.48. The van der Waals surface area contributed by atoms with Gasteiger partial charge in [0.1, 0.15) is 73.6 Å². The number of halogens is 4. The van der Waals surface area contributed by atoms with Crippen molar-refractivity contribution in [1.82, 2.24) is 83.6 Å². The van der Waals surface area contributed by atoms with Gasteiger partial charge in [-0.2, -0.15) is 5.26 Å². The lowest BCUT2D eigenvalue weighted by atomic mass is 10.1. The molecule has 6 heterocycles. The van der Waals surface area contributed by atoms with Crippen molar-refractivity contribution in [3.63, 3.8) is 0 Å². The van der Waals surface area contributed by atoms with Crippen molar-refractivity contribution in [2.24, 2.45) is 0 Å². The smallest absolute Gasteiger partial charge is 0.492 e. The van der Waals surface area contributed by atoms with Crippen LogP contribution in [0.3, 0.4) is 0 Å². The van der Waals surface area contributed by atoms with E-state index in [4.69, 9.17) is 54.2 Å². The Labute approximate surface area is 747 Å². The predicted octanol–water partition coefficient (Wildman–Crippen LogP) is 16.2. The molecule has 0 atom stereocenters. The van der Waals surface area contributed by atoms with Gasteiger partial charge in [-0.1, -0.05) is 11.6 Å². The van der Waals surface area contributed by atoms with Gasteiger partial charge in [0.2, 0.25) is 0 Å². The molecule has 682 valence electrons. The van der Waals surface area contributed by atoms with E-state index in [0.29, 0.717) is 53.4 Å². The molecule has 1 aliphatic heterocycles.